The van der Waals surface area contributed by atoms with Gasteiger partial charge in [0.2, 0.25) is 0 Å². The van der Waals surface area contributed by atoms with Crippen LogP contribution in [-0.2, 0) is 14.3 Å². The second-order valence-corrected chi connectivity index (χ2v) is 11.4. The van der Waals surface area contributed by atoms with Gasteiger partial charge in [0, 0.05) is 22.2 Å². The highest BCUT2D eigenvalue weighted by Crippen LogP contribution is 2.38. The predicted molar refractivity (Wildman–Crippen MR) is 161 cm³/mol. The quantitative estimate of drug-likeness (QED) is 0.319. The number of ether oxygens (including phenoxy) is 1. The number of carbonyl (C=O) groups is 2. The lowest BCUT2D eigenvalue weighted by atomic mass is 9.93. The summed E-state index contributed by atoms with van der Waals surface area (Å²) in [6.07, 6.45) is 0. The van der Waals surface area contributed by atoms with Gasteiger partial charge >= 0.3 is 5.97 Å². The molecule has 0 aliphatic carbocycles. The second-order valence-electron chi connectivity index (χ2n) is 9.96. The summed E-state index contributed by atoms with van der Waals surface area (Å²) in [4.78, 5) is 48.8. The van der Waals surface area contributed by atoms with Crippen LogP contribution in [0.2, 0.25) is 5.02 Å². The Kier molecular flexibility index (Phi) is 6.97. The molecule has 3 heterocycles. The Morgan fingerprint density at radius 3 is 2.37 bits per heavy atom. The average Bonchev–Trinajstić information content (AvgIpc) is 3.45. The van der Waals surface area contributed by atoms with Gasteiger partial charge in [0.1, 0.15) is 4.53 Å². The highest BCUT2D eigenvalue weighted by atomic mass is 35.5. The van der Waals surface area contributed by atoms with Gasteiger partial charge in [-0.15, -0.1) is 0 Å². The lowest BCUT2D eigenvalue weighted by molar-refractivity contribution is -0.138. The van der Waals surface area contributed by atoms with E-state index in [9.17, 15) is 14.4 Å². The van der Waals surface area contributed by atoms with Gasteiger partial charge in [0.05, 0.1) is 35.2 Å². The highest BCUT2D eigenvalue weighted by Gasteiger charge is 2.38. The van der Waals surface area contributed by atoms with Crippen molar-refractivity contribution in [3.05, 3.63) is 126 Å². The first-order valence-electron chi connectivity index (χ1n) is 13.3. The van der Waals surface area contributed by atoms with E-state index in [1.165, 1.54) is 4.57 Å². The van der Waals surface area contributed by atoms with E-state index in [-0.39, 0.29) is 28.7 Å². The number of para-hydroxylation sites is 1. The number of hydrogen-bond donors (Lipinski definition) is 0. The summed E-state index contributed by atoms with van der Waals surface area (Å²) in [6.45, 7) is 5.77. The van der Waals surface area contributed by atoms with Crippen molar-refractivity contribution in [1.82, 2.24) is 4.57 Å². The van der Waals surface area contributed by atoms with Crippen molar-refractivity contribution in [2.24, 2.45) is 4.99 Å². The molecule has 1 amide bonds. The molecule has 9 heteroatoms. The normalized spacial score (nSPS) is 17.4. The molecule has 1 atom stereocenters. The maximum absolute atomic E-state index is 14.4. The topological polar surface area (TPSA) is 81.0 Å². The molecular formula is C32H26ClN3O4S. The van der Waals surface area contributed by atoms with Crippen LogP contribution in [0.25, 0.3) is 11.3 Å². The number of halogens is 1. The van der Waals surface area contributed by atoms with Crippen LogP contribution in [0.5, 0.6) is 0 Å². The van der Waals surface area contributed by atoms with Crippen molar-refractivity contribution in [2.45, 2.75) is 32.9 Å². The van der Waals surface area contributed by atoms with E-state index in [4.69, 9.17) is 21.3 Å². The monoisotopic (exact) mass is 583 g/mol. The SMILES string of the molecule is CCOC(=O)C1=C(c2ccccc2)N=c2s/c(=C3/C(=O)N(C(C)C)c4ccccc43)c(=O)n2[C@@H]1c1ccc(Cl)cc1. The van der Waals surface area contributed by atoms with E-state index in [0.717, 1.165) is 17.0 Å². The molecule has 0 radical (unpaired) electrons. The molecular weight excluding hydrogens is 558 g/mol. The maximum atomic E-state index is 14.4. The minimum absolute atomic E-state index is 0.105. The van der Waals surface area contributed by atoms with Crippen molar-refractivity contribution in [3.63, 3.8) is 0 Å². The van der Waals surface area contributed by atoms with Crippen LogP contribution in [0.1, 0.15) is 43.5 Å². The van der Waals surface area contributed by atoms with Gasteiger partial charge in [-0.05, 0) is 44.5 Å². The molecule has 4 aromatic rings. The largest absolute Gasteiger partial charge is 0.463 e. The number of fused-ring (bicyclic) bond motifs is 2. The predicted octanol–water partition coefficient (Wildman–Crippen LogP) is 4.71. The zero-order valence-electron chi connectivity index (χ0n) is 22.6. The van der Waals surface area contributed by atoms with Crippen LogP contribution >= 0.6 is 22.9 Å². The molecule has 0 bridgehead atoms. The standard InChI is InChI=1S/C32H26ClN3O4S/c1-4-40-31(39)25-26(19-10-6-5-7-11-19)34-32-36(27(25)20-14-16-21(33)17-15-20)30(38)28(41-32)24-22-12-8-9-13-23(22)35(18(2)3)29(24)37/h5-18,27H,4H2,1-3H3/b28-24+/t27-/m1/s1. The van der Waals surface area contributed by atoms with Gasteiger partial charge in [0.15, 0.2) is 4.80 Å². The van der Waals surface area contributed by atoms with E-state index in [2.05, 4.69) is 0 Å². The third-order valence-corrected chi connectivity index (χ3v) is 8.45. The van der Waals surface area contributed by atoms with Crippen LogP contribution in [0.15, 0.2) is 94.2 Å². The summed E-state index contributed by atoms with van der Waals surface area (Å²) in [5.74, 6) is -0.802. The van der Waals surface area contributed by atoms with Gasteiger partial charge < -0.3 is 9.64 Å². The maximum Gasteiger partial charge on any atom is 0.338 e. The molecule has 0 fully saturated rings. The zero-order valence-corrected chi connectivity index (χ0v) is 24.2. The van der Waals surface area contributed by atoms with Crippen LogP contribution in [0.4, 0.5) is 5.69 Å². The molecule has 0 N–H and O–H groups in total. The van der Waals surface area contributed by atoms with Crippen LogP contribution in [0, 0.1) is 0 Å². The Labute approximate surface area is 245 Å². The molecule has 6 rings (SSSR count). The lowest BCUT2D eigenvalue weighted by Gasteiger charge is -2.26. The van der Waals surface area contributed by atoms with Crippen molar-refractivity contribution < 1.29 is 14.3 Å². The third-order valence-electron chi connectivity index (χ3n) is 7.14. The fourth-order valence-electron chi connectivity index (χ4n) is 5.42. The van der Waals surface area contributed by atoms with Crippen LogP contribution in [-0.4, -0.2) is 29.1 Å². The third kappa shape index (κ3) is 4.44. The first-order valence-corrected chi connectivity index (χ1v) is 14.5. The fraction of sp³-hybridized carbons (Fsp3) is 0.188. The molecule has 3 aromatic carbocycles. The molecule has 0 unspecified atom stereocenters. The average molecular weight is 584 g/mol. The van der Waals surface area contributed by atoms with Crippen molar-refractivity contribution in [3.8, 4) is 0 Å². The van der Waals surface area contributed by atoms with Crippen LogP contribution < -0.4 is 19.8 Å². The molecule has 0 saturated heterocycles. The lowest BCUT2D eigenvalue weighted by Crippen LogP contribution is -2.41. The molecule has 2 aliphatic heterocycles. The summed E-state index contributed by atoms with van der Waals surface area (Å²) >= 11 is 7.37. The van der Waals surface area contributed by atoms with E-state index in [0.29, 0.717) is 37.8 Å². The summed E-state index contributed by atoms with van der Waals surface area (Å²) < 4.78 is 7.29. The van der Waals surface area contributed by atoms with Crippen LogP contribution in [0.3, 0.4) is 0 Å². The second kappa shape index (κ2) is 10.6. The fourth-order valence-corrected chi connectivity index (χ4v) is 6.64. The minimum atomic E-state index is -0.847. The van der Waals surface area contributed by atoms with E-state index >= 15 is 0 Å². The molecule has 0 spiro atoms. The van der Waals surface area contributed by atoms with E-state index < -0.39 is 17.6 Å². The Bertz CT molecular complexity index is 1910. The number of esters is 1. The van der Waals surface area contributed by atoms with Gasteiger partial charge in [-0.25, -0.2) is 9.79 Å². The summed E-state index contributed by atoms with van der Waals surface area (Å²) in [5, 5.41) is 0.523. The van der Waals surface area contributed by atoms with Gasteiger partial charge in [-0.3, -0.25) is 14.2 Å². The number of rotatable bonds is 5. The van der Waals surface area contributed by atoms with Gasteiger partial charge in [-0.1, -0.05) is 83.6 Å². The van der Waals surface area contributed by atoms with E-state index in [1.54, 1.807) is 36.1 Å². The van der Waals surface area contributed by atoms with Crippen molar-refractivity contribution in [2.75, 3.05) is 11.5 Å². The number of carbonyl (C=O) groups excluding carboxylic acids is 2. The summed E-state index contributed by atoms with van der Waals surface area (Å²) in [6, 6.07) is 22.9. The molecule has 206 valence electrons. The number of thiazole rings is 1. The number of benzene rings is 3. The number of aromatic nitrogens is 1. The first-order chi connectivity index (χ1) is 19.8. The minimum Gasteiger partial charge on any atom is -0.463 e. The zero-order chi connectivity index (χ0) is 28.8. The molecule has 1 aromatic heterocycles. The molecule has 2 aliphatic rings. The first kappa shape index (κ1) is 26.9. The number of anilines is 1. The van der Waals surface area contributed by atoms with E-state index in [1.807, 2.05) is 68.4 Å². The molecule has 7 nitrogen and oxygen atoms in total. The summed E-state index contributed by atoms with van der Waals surface area (Å²) in [5.41, 5.74) is 3.45. The number of amides is 1. The Hall–Kier alpha value is -4.27. The summed E-state index contributed by atoms with van der Waals surface area (Å²) in [7, 11) is 0. The van der Waals surface area contributed by atoms with Crippen molar-refractivity contribution >= 4 is 51.8 Å². The number of nitrogens with zero attached hydrogens (tertiary/aromatic N) is 3. The smallest absolute Gasteiger partial charge is 0.338 e. The molecule has 41 heavy (non-hydrogen) atoms. The number of hydrogen-bond acceptors (Lipinski definition) is 6. The van der Waals surface area contributed by atoms with Gasteiger partial charge in [-0.2, -0.15) is 0 Å². The Morgan fingerprint density at radius 2 is 1.68 bits per heavy atom. The van der Waals surface area contributed by atoms with Crippen molar-refractivity contribution in [1.29, 1.82) is 0 Å². The van der Waals surface area contributed by atoms with Gasteiger partial charge in [0.25, 0.3) is 11.5 Å². The highest BCUT2D eigenvalue weighted by molar-refractivity contribution is 7.07. The Morgan fingerprint density at radius 1 is 1.00 bits per heavy atom. The molecule has 0 saturated carbocycles. The Balaban J connectivity index is 1.72.